The van der Waals surface area contributed by atoms with E-state index in [1.807, 2.05) is 13.0 Å². The van der Waals surface area contributed by atoms with E-state index < -0.39 is 10.0 Å². The lowest BCUT2D eigenvalue weighted by molar-refractivity contribution is 0.129. The SMILES string of the molecule is Cc1cc(CN2CCN(C(=O)NC3CCCN(S(C)(=O)=O)C3)CC2)no1. The van der Waals surface area contributed by atoms with Gasteiger partial charge in [0.15, 0.2) is 0 Å². The average Bonchev–Trinajstić information content (AvgIpc) is 3.00. The second kappa shape index (κ2) is 7.93. The molecule has 26 heavy (non-hydrogen) atoms. The maximum Gasteiger partial charge on any atom is 0.317 e. The standard InChI is InChI=1S/C16H27N5O4S/c1-13-10-15(18-25-13)11-19-6-8-20(9-7-19)16(22)17-14-4-3-5-21(12-14)26(2,23)24/h10,14H,3-9,11-12H2,1-2H3,(H,17,22). The topological polar surface area (TPSA) is 99.0 Å². The van der Waals surface area contributed by atoms with E-state index in [1.54, 1.807) is 4.90 Å². The summed E-state index contributed by atoms with van der Waals surface area (Å²) in [6, 6.07) is 1.69. The fourth-order valence-electron chi connectivity index (χ4n) is 3.46. The van der Waals surface area contributed by atoms with E-state index >= 15 is 0 Å². The Balaban J connectivity index is 1.45. The van der Waals surface area contributed by atoms with Crippen molar-refractivity contribution in [2.75, 3.05) is 45.5 Å². The van der Waals surface area contributed by atoms with Gasteiger partial charge in [0.05, 0.1) is 11.9 Å². The minimum absolute atomic E-state index is 0.109. The van der Waals surface area contributed by atoms with Crippen molar-refractivity contribution < 1.29 is 17.7 Å². The van der Waals surface area contributed by atoms with Crippen LogP contribution >= 0.6 is 0 Å². The molecule has 2 aliphatic heterocycles. The number of piperidine rings is 1. The highest BCUT2D eigenvalue weighted by Crippen LogP contribution is 2.14. The zero-order chi connectivity index (χ0) is 18.7. The van der Waals surface area contributed by atoms with Gasteiger partial charge in [-0.3, -0.25) is 4.90 Å². The molecule has 3 rings (SSSR count). The molecule has 0 aliphatic carbocycles. The number of amides is 2. The Kier molecular flexibility index (Phi) is 5.83. The van der Waals surface area contributed by atoms with Crippen molar-refractivity contribution in [3.8, 4) is 0 Å². The zero-order valence-electron chi connectivity index (χ0n) is 15.3. The number of carbonyl (C=O) groups is 1. The summed E-state index contributed by atoms with van der Waals surface area (Å²) in [5.41, 5.74) is 0.906. The molecule has 0 aromatic carbocycles. The molecule has 2 aliphatic rings. The van der Waals surface area contributed by atoms with Gasteiger partial charge in [-0.05, 0) is 19.8 Å². The first kappa shape index (κ1) is 19.1. The van der Waals surface area contributed by atoms with Gasteiger partial charge < -0.3 is 14.7 Å². The number of carbonyl (C=O) groups excluding carboxylic acids is 1. The van der Waals surface area contributed by atoms with Crippen LogP contribution < -0.4 is 5.32 Å². The highest BCUT2D eigenvalue weighted by molar-refractivity contribution is 7.88. The molecule has 0 radical (unpaired) electrons. The third-order valence-electron chi connectivity index (χ3n) is 4.90. The van der Waals surface area contributed by atoms with Gasteiger partial charge in [0.2, 0.25) is 10.0 Å². The molecule has 146 valence electrons. The lowest BCUT2D eigenvalue weighted by atomic mass is 10.1. The molecular formula is C16H27N5O4S. The lowest BCUT2D eigenvalue weighted by Gasteiger charge is -2.36. The molecule has 1 aromatic rings. The summed E-state index contributed by atoms with van der Waals surface area (Å²) in [7, 11) is -3.21. The van der Waals surface area contributed by atoms with Crippen LogP contribution in [0.4, 0.5) is 4.79 Å². The molecule has 3 heterocycles. The van der Waals surface area contributed by atoms with E-state index in [9.17, 15) is 13.2 Å². The first-order chi connectivity index (χ1) is 12.3. The molecule has 0 bridgehead atoms. The van der Waals surface area contributed by atoms with Crippen LogP contribution in [-0.4, -0.2) is 85.3 Å². The van der Waals surface area contributed by atoms with E-state index in [2.05, 4.69) is 15.4 Å². The molecule has 2 fully saturated rings. The number of nitrogens with one attached hydrogen (secondary N) is 1. The molecule has 1 unspecified atom stereocenters. The highest BCUT2D eigenvalue weighted by Gasteiger charge is 2.29. The van der Waals surface area contributed by atoms with E-state index in [1.165, 1.54) is 10.6 Å². The van der Waals surface area contributed by atoms with Crippen molar-refractivity contribution in [1.82, 2.24) is 24.6 Å². The number of urea groups is 1. The van der Waals surface area contributed by atoms with Gasteiger partial charge in [-0.25, -0.2) is 17.5 Å². The van der Waals surface area contributed by atoms with Crippen LogP contribution in [0.5, 0.6) is 0 Å². The van der Waals surface area contributed by atoms with Crippen LogP contribution in [0.25, 0.3) is 0 Å². The number of aromatic nitrogens is 1. The van der Waals surface area contributed by atoms with Crippen LogP contribution in [0.1, 0.15) is 24.3 Å². The van der Waals surface area contributed by atoms with Crippen molar-refractivity contribution in [2.45, 2.75) is 32.4 Å². The number of nitrogens with zero attached hydrogens (tertiary/aromatic N) is 4. The van der Waals surface area contributed by atoms with Gasteiger partial charge in [-0.1, -0.05) is 5.16 Å². The van der Waals surface area contributed by atoms with Crippen molar-refractivity contribution >= 4 is 16.1 Å². The third-order valence-corrected chi connectivity index (χ3v) is 6.17. The van der Waals surface area contributed by atoms with Crippen LogP contribution in [0, 0.1) is 6.92 Å². The molecule has 1 aromatic heterocycles. The molecule has 1 N–H and O–H groups in total. The summed E-state index contributed by atoms with van der Waals surface area (Å²) in [4.78, 5) is 16.5. The van der Waals surface area contributed by atoms with Crippen molar-refractivity contribution in [2.24, 2.45) is 0 Å². The molecule has 0 spiro atoms. The Labute approximate surface area is 154 Å². The van der Waals surface area contributed by atoms with Gasteiger partial charge in [0.1, 0.15) is 5.76 Å². The van der Waals surface area contributed by atoms with Crippen LogP contribution in [0.3, 0.4) is 0 Å². The minimum atomic E-state index is -3.21. The number of rotatable bonds is 4. The van der Waals surface area contributed by atoms with Crippen molar-refractivity contribution in [3.63, 3.8) is 0 Å². The highest BCUT2D eigenvalue weighted by atomic mass is 32.2. The van der Waals surface area contributed by atoms with Crippen molar-refractivity contribution in [1.29, 1.82) is 0 Å². The molecule has 1 atom stereocenters. The number of aryl methyl sites for hydroxylation is 1. The lowest BCUT2D eigenvalue weighted by Crippen LogP contribution is -2.56. The average molecular weight is 385 g/mol. The summed E-state index contributed by atoms with van der Waals surface area (Å²) in [6.45, 7) is 6.32. The molecule has 2 saturated heterocycles. The minimum Gasteiger partial charge on any atom is -0.361 e. The first-order valence-corrected chi connectivity index (χ1v) is 10.8. The molecule has 9 nitrogen and oxygen atoms in total. The van der Waals surface area contributed by atoms with Gasteiger partial charge in [0.25, 0.3) is 0 Å². The van der Waals surface area contributed by atoms with Crippen LogP contribution in [-0.2, 0) is 16.6 Å². The molecular weight excluding hydrogens is 358 g/mol. The summed E-state index contributed by atoms with van der Waals surface area (Å²) < 4.78 is 29.9. The molecule has 2 amide bonds. The third kappa shape index (κ3) is 4.95. The normalized spacial score (nSPS) is 23.2. The summed E-state index contributed by atoms with van der Waals surface area (Å²) in [5.74, 6) is 0.800. The smallest absolute Gasteiger partial charge is 0.317 e. The molecule has 10 heteroatoms. The fraction of sp³-hybridized carbons (Fsp3) is 0.750. The maximum absolute atomic E-state index is 12.5. The second-order valence-electron chi connectivity index (χ2n) is 7.10. The number of hydrogen-bond donors (Lipinski definition) is 1. The van der Waals surface area contributed by atoms with Crippen LogP contribution in [0.15, 0.2) is 10.6 Å². The van der Waals surface area contributed by atoms with Gasteiger partial charge in [0, 0.05) is 57.9 Å². The summed E-state index contributed by atoms with van der Waals surface area (Å²) >= 11 is 0. The Morgan fingerprint density at radius 1 is 1.31 bits per heavy atom. The molecule has 0 saturated carbocycles. The van der Waals surface area contributed by atoms with E-state index in [0.717, 1.165) is 43.9 Å². The quantitative estimate of drug-likeness (QED) is 0.797. The summed E-state index contributed by atoms with van der Waals surface area (Å²) in [5, 5.41) is 7.00. The number of hydrogen-bond acceptors (Lipinski definition) is 6. The predicted octanol–water partition coefficient (Wildman–Crippen LogP) is 0.234. The Bertz CT molecular complexity index is 727. The van der Waals surface area contributed by atoms with Crippen molar-refractivity contribution in [3.05, 3.63) is 17.5 Å². The first-order valence-electron chi connectivity index (χ1n) is 8.96. The van der Waals surface area contributed by atoms with E-state index in [4.69, 9.17) is 4.52 Å². The summed E-state index contributed by atoms with van der Waals surface area (Å²) in [6.07, 6.45) is 2.79. The van der Waals surface area contributed by atoms with Gasteiger partial charge in [-0.2, -0.15) is 0 Å². The van der Waals surface area contributed by atoms with E-state index in [0.29, 0.717) is 26.2 Å². The zero-order valence-corrected chi connectivity index (χ0v) is 16.2. The number of piperazine rings is 1. The Morgan fingerprint density at radius 2 is 2.04 bits per heavy atom. The predicted molar refractivity (Wildman–Crippen MR) is 96.1 cm³/mol. The van der Waals surface area contributed by atoms with E-state index in [-0.39, 0.29) is 12.1 Å². The largest absolute Gasteiger partial charge is 0.361 e. The van der Waals surface area contributed by atoms with Gasteiger partial charge in [-0.15, -0.1) is 0 Å². The van der Waals surface area contributed by atoms with Crippen LogP contribution in [0.2, 0.25) is 0 Å². The van der Waals surface area contributed by atoms with Gasteiger partial charge >= 0.3 is 6.03 Å². The monoisotopic (exact) mass is 385 g/mol. The second-order valence-corrected chi connectivity index (χ2v) is 9.08. The fourth-order valence-corrected chi connectivity index (χ4v) is 4.37. The Hall–Kier alpha value is -1.65. The Morgan fingerprint density at radius 3 is 2.65 bits per heavy atom. The number of sulfonamides is 1. The maximum atomic E-state index is 12.5.